The van der Waals surface area contributed by atoms with E-state index in [9.17, 15) is 19.1 Å². The van der Waals surface area contributed by atoms with Crippen LogP contribution in [-0.4, -0.2) is 28.2 Å². The molecule has 2 unspecified atom stereocenters. The van der Waals surface area contributed by atoms with Gasteiger partial charge < -0.3 is 19.3 Å². The fourth-order valence-corrected chi connectivity index (χ4v) is 3.03. The Morgan fingerprint density at radius 2 is 2.10 bits per heavy atom. The molecule has 0 radical (unpaired) electrons. The lowest BCUT2D eigenvalue weighted by Gasteiger charge is -2.20. The number of hydrogen-bond donors (Lipinski definition) is 2. The van der Waals surface area contributed by atoms with E-state index in [2.05, 4.69) is 4.98 Å². The Morgan fingerprint density at radius 1 is 1.40 bits per heavy atom. The molecule has 0 bridgehead atoms. The molecule has 7 nitrogen and oxygen atoms in total. The third-order valence-electron chi connectivity index (χ3n) is 2.30. The highest BCUT2D eigenvalue weighted by atomic mass is 31.2. The van der Waals surface area contributed by atoms with Crippen LogP contribution >= 0.6 is 16.1 Å². The number of hydrogen-bond acceptors (Lipinski definition) is 6. The molecule has 2 N–H and O–H groups in total. The predicted molar refractivity (Wildman–Crippen MR) is 72.5 cm³/mol. The van der Waals surface area contributed by atoms with Crippen LogP contribution in [0.4, 0.5) is 0 Å². The van der Waals surface area contributed by atoms with Crippen molar-refractivity contribution in [1.82, 2.24) is 4.98 Å². The first kappa shape index (κ1) is 17.4. The normalized spacial score (nSPS) is 17.6. The summed E-state index contributed by atoms with van der Waals surface area (Å²) in [5.41, 5.74) is -1.82. The Balaban J connectivity index is 3.01. The largest absolute Gasteiger partial charge is 0.351 e. The van der Waals surface area contributed by atoms with Gasteiger partial charge in [0.25, 0.3) is 5.53 Å². The Kier molecular flexibility index (Phi) is 6.40. The molecule has 0 spiro atoms. The number of nitrogens with zero attached hydrogens (tertiary/aromatic N) is 1. The van der Waals surface area contributed by atoms with E-state index in [0.717, 1.165) is 0 Å². The minimum absolute atomic E-state index is 0.00464. The third-order valence-corrected chi connectivity index (χ3v) is 4.29. The molecule has 20 heavy (non-hydrogen) atoms. The van der Waals surface area contributed by atoms with Gasteiger partial charge in [-0.3, -0.25) is 14.1 Å². The SMILES string of the molecule is CCOC(O)(P=O)c1cccc(CP(=O)(O)OCC)n1. The maximum absolute atomic E-state index is 11.7. The van der Waals surface area contributed by atoms with Gasteiger partial charge in [0, 0.05) is 6.61 Å². The molecule has 0 fully saturated rings. The molecule has 0 aliphatic rings. The van der Waals surface area contributed by atoms with Gasteiger partial charge in [-0.05, 0) is 26.0 Å². The summed E-state index contributed by atoms with van der Waals surface area (Å²) in [5, 5.41) is 10.0. The van der Waals surface area contributed by atoms with E-state index in [1.807, 2.05) is 0 Å². The van der Waals surface area contributed by atoms with Crippen molar-refractivity contribution in [1.29, 1.82) is 0 Å². The highest BCUT2D eigenvalue weighted by Gasteiger charge is 2.33. The zero-order valence-electron chi connectivity index (χ0n) is 11.2. The van der Waals surface area contributed by atoms with E-state index in [-0.39, 0.29) is 30.8 Å². The highest BCUT2D eigenvalue weighted by molar-refractivity contribution is 7.51. The first-order valence-electron chi connectivity index (χ1n) is 6.00. The minimum Gasteiger partial charge on any atom is -0.351 e. The van der Waals surface area contributed by atoms with Crippen LogP contribution in [0.1, 0.15) is 25.2 Å². The Morgan fingerprint density at radius 3 is 2.65 bits per heavy atom. The van der Waals surface area contributed by atoms with E-state index >= 15 is 0 Å². The van der Waals surface area contributed by atoms with Crippen molar-refractivity contribution in [2.75, 3.05) is 13.2 Å². The molecule has 1 aromatic rings. The van der Waals surface area contributed by atoms with Gasteiger partial charge in [-0.2, -0.15) is 0 Å². The molecule has 0 aliphatic carbocycles. The summed E-state index contributed by atoms with van der Waals surface area (Å²) < 4.78 is 32.5. The van der Waals surface area contributed by atoms with Gasteiger partial charge >= 0.3 is 7.60 Å². The summed E-state index contributed by atoms with van der Waals surface area (Å²) in [5.74, 6) is 0. The van der Waals surface area contributed by atoms with Crippen LogP contribution in [0.15, 0.2) is 18.2 Å². The zero-order chi connectivity index (χ0) is 15.2. The number of aromatic nitrogens is 1. The maximum Gasteiger partial charge on any atom is 0.334 e. The second-order valence-electron chi connectivity index (χ2n) is 3.86. The molecule has 0 saturated carbocycles. The van der Waals surface area contributed by atoms with Crippen molar-refractivity contribution >= 4 is 16.1 Å². The molecule has 2 atom stereocenters. The number of aliphatic hydroxyl groups is 1. The molecule has 1 aromatic heterocycles. The van der Waals surface area contributed by atoms with Gasteiger partial charge in [0.2, 0.25) is 8.46 Å². The van der Waals surface area contributed by atoms with Crippen LogP contribution in [0.5, 0.6) is 0 Å². The van der Waals surface area contributed by atoms with Crippen LogP contribution in [0.2, 0.25) is 0 Å². The summed E-state index contributed by atoms with van der Waals surface area (Å²) in [6.45, 7) is 3.48. The van der Waals surface area contributed by atoms with Crippen LogP contribution in [0.3, 0.4) is 0 Å². The molecule has 1 heterocycles. The molecule has 0 amide bonds. The predicted octanol–water partition coefficient (Wildman–Crippen LogP) is 2.23. The van der Waals surface area contributed by atoms with E-state index in [1.54, 1.807) is 13.8 Å². The van der Waals surface area contributed by atoms with Crippen LogP contribution in [0, 0.1) is 0 Å². The topological polar surface area (TPSA) is 106 Å². The average molecular weight is 321 g/mol. The second-order valence-corrected chi connectivity index (χ2v) is 6.50. The number of pyridine rings is 1. The average Bonchev–Trinajstić information content (AvgIpc) is 2.38. The van der Waals surface area contributed by atoms with Crippen molar-refractivity contribution in [2.24, 2.45) is 0 Å². The number of rotatable bonds is 8. The lowest BCUT2D eigenvalue weighted by atomic mass is 10.3. The Bertz CT molecular complexity index is 511. The first-order valence-corrected chi connectivity index (χ1v) is 8.58. The van der Waals surface area contributed by atoms with Gasteiger partial charge in [0.15, 0.2) is 0 Å². The first-order chi connectivity index (χ1) is 9.37. The van der Waals surface area contributed by atoms with E-state index in [4.69, 9.17) is 9.26 Å². The van der Waals surface area contributed by atoms with E-state index in [0.29, 0.717) is 0 Å². The number of ether oxygens (including phenoxy) is 1. The second kappa shape index (κ2) is 7.36. The molecule has 112 valence electrons. The van der Waals surface area contributed by atoms with Crippen molar-refractivity contribution in [3.63, 3.8) is 0 Å². The Labute approximate surface area is 118 Å². The van der Waals surface area contributed by atoms with Gasteiger partial charge in [-0.25, -0.2) is 0 Å². The summed E-state index contributed by atoms with van der Waals surface area (Å²) in [7, 11) is -4.44. The molecule has 9 heteroatoms. The van der Waals surface area contributed by atoms with Gasteiger partial charge in [0.05, 0.1) is 18.5 Å². The quantitative estimate of drug-likeness (QED) is 0.558. The smallest absolute Gasteiger partial charge is 0.334 e. The summed E-state index contributed by atoms with van der Waals surface area (Å²) >= 11 is 0. The fourth-order valence-electron chi connectivity index (χ4n) is 1.55. The van der Waals surface area contributed by atoms with Gasteiger partial charge in [0.1, 0.15) is 5.69 Å². The lowest BCUT2D eigenvalue weighted by Crippen LogP contribution is -2.24. The maximum atomic E-state index is 11.7. The van der Waals surface area contributed by atoms with Crippen LogP contribution in [0.25, 0.3) is 0 Å². The monoisotopic (exact) mass is 321 g/mol. The summed E-state index contributed by atoms with van der Waals surface area (Å²) in [4.78, 5) is 13.6. The summed E-state index contributed by atoms with van der Waals surface area (Å²) in [6.07, 6.45) is -0.299. The van der Waals surface area contributed by atoms with Crippen molar-refractivity contribution in [2.45, 2.75) is 25.5 Å². The standard InChI is InChI=1S/C11H17NO6P2/c1-3-17-11(13,19-14)10-7-5-6-9(12-10)8-20(15,16)18-4-2/h5-7,13H,3-4,8H2,1-2H3,(H,15,16). The molecule has 1 rings (SSSR count). The Hall–Kier alpha value is -0.680. The lowest BCUT2D eigenvalue weighted by molar-refractivity contribution is -0.140. The van der Waals surface area contributed by atoms with E-state index in [1.165, 1.54) is 18.2 Å². The van der Waals surface area contributed by atoms with Crippen molar-refractivity contribution in [3.8, 4) is 0 Å². The van der Waals surface area contributed by atoms with Crippen molar-refractivity contribution < 1.29 is 28.4 Å². The molecule has 0 saturated heterocycles. The highest BCUT2D eigenvalue weighted by Crippen LogP contribution is 2.45. The molecular weight excluding hydrogens is 304 g/mol. The third kappa shape index (κ3) is 4.70. The molecule has 0 aliphatic heterocycles. The van der Waals surface area contributed by atoms with Crippen molar-refractivity contribution in [3.05, 3.63) is 29.6 Å². The van der Waals surface area contributed by atoms with Gasteiger partial charge in [-0.1, -0.05) is 6.07 Å². The fraction of sp³-hybridized carbons (Fsp3) is 0.545. The summed E-state index contributed by atoms with van der Waals surface area (Å²) in [6, 6.07) is 4.46. The molecular formula is C11H17NO6P2. The van der Waals surface area contributed by atoms with Crippen LogP contribution < -0.4 is 0 Å². The zero-order valence-corrected chi connectivity index (χ0v) is 13.0. The van der Waals surface area contributed by atoms with Crippen LogP contribution in [-0.2, 0) is 30.1 Å². The van der Waals surface area contributed by atoms with E-state index < -0.39 is 21.6 Å². The van der Waals surface area contributed by atoms with Gasteiger partial charge in [-0.15, -0.1) is 0 Å². The minimum atomic E-state index is -3.78. The molecule has 0 aromatic carbocycles.